The quantitative estimate of drug-likeness (QED) is 0.783. The predicted molar refractivity (Wildman–Crippen MR) is 62.4 cm³/mol. The fourth-order valence-corrected chi connectivity index (χ4v) is 1.57. The Labute approximate surface area is 100 Å². The van der Waals surface area contributed by atoms with Crippen LogP contribution in [0.1, 0.15) is 19.4 Å². The SMILES string of the molecule is COc1ccc(Cl)c(CNO)c1OC(C)C. The van der Waals surface area contributed by atoms with Gasteiger partial charge in [0.1, 0.15) is 0 Å². The first kappa shape index (κ1) is 13.1. The zero-order valence-electron chi connectivity index (χ0n) is 9.58. The van der Waals surface area contributed by atoms with Gasteiger partial charge < -0.3 is 14.7 Å². The molecule has 5 heteroatoms. The van der Waals surface area contributed by atoms with Crippen LogP contribution in [-0.4, -0.2) is 18.4 Å². The molecule has 90 valence electrons. The summed E-state index contributed by atoms with van der Waals surface area (Å²) in [6.45, 7) is 4.03. The maximum absolute atomic E-state index is 8.76. The molecule has 1 rings (SSSR count). The molecule has 0 atom stereocenters. The van der Waals surface area contributed by atoms with Crippen LogP contribution in [0.15, 0.2) is 12.1 Å². The van der Waals surface area contributed by atoms with Gasteiger partial charge in [0.25, 0.3) is 0 Å². The minimum Gasteiger partial charge on any atom is -0.493 e. The number of ether oxygens (including phenoxy) is 2. The van der Waals surface area contributed by atoms with Crippen molar-refractivity contribution >= 4 is 11.6 Å². The first-order valence-corrected chi connectivity index (χ1v) is 5.37. The van der Waals surface area contributed by atoms with Crippen LogP contribution in [-0.2, 0) is 6.54 Å². The second-order valence-electron chi connectivity index (χ2n) is 3.56. The molecule has 1 aromatic carbocycles. The predicted octanol–water partition coefficient (Wildman–Crippen LogP) is 2.61. The summed E-state index contributed by atoms with van der Waals surface area (Å²) >= 11 is 6.03. The molecule has 0 heterocycles. The van der Waals surface area contributed by atoms with E-state index in [0.29, 0.717) is 22.1 Å². The molecule has 0 radical (unpaired) electrons. The highest BCUT2D eigenvalue weighted by atomic mass is 35.5. The molecule has 2 N–H and O–H groups in total. The van der Waals surface area contributed by atoms with Gasteiger partial charge in [-0.05, 0) is 26.0 Å². The lowest BCUT2D eigenvalue weighted by Crippen LogP contribution is -2.13. The Balaban J connectivity index is 3.18. The fraction of sp³-hybridized carbons (Fsp3) is 0.455. The van der Waals surface area contributed by atoms with Crippen molar-refractivity contribution in [1.29, 1.82) is 0 Å². The second-order valence-corrected chi connectivity index (χ2v) is 3.97. The van der Waals surface area contributed by atoms with Crippen LogP contribution in [0, 0.1) is 0 Å². The van der Waals surface area contributed by atoms with E-state index < -0.39 is 0 Å². The third-order valence-corrected chi connectivity index (χ3v) is 2.35. The smallest absolute Gasteiger partial charge is 0.167 e. The van der Waals surface area contributed by atoms with Crippen molar-refractivity contribution in [2.75, 3.05) is 7.11 Å². The number of hydrogen-bond donors (Lipinski definition) is 2. The summed E-state index contributed by atoms with van der Waals surface area (Å²) in [5.74, 6) is 1.16. The van der Waals surface area contributed by atoms with Crippen LogP contribution in [0.2, 0.25) is 5.02 Å². The van der Waals surface area contributed by atoms with Crippen molar-refractivity contribution in [2.45, 2.75) is 26.5 Å². The zero-order chi connectivity index (χ0) is 12.1. The van der Waals surface area contributed by atoms with Crippen LogP contribution in [0.5, 0.6) is 11.5 Å². The highest BCUT2D eigenvalue weighted by Crippen LogP contribution is 2.36. The average Bonchev–Trinajstić information content (AvgIpc) is 2.23. The summed E-state index contributed by atoms with van der Waals surface area (Å²) in [4.78, 5) is 0. The van der Waals surface area contributed by atoms with Crippen molar-refractivity contribution in [2.24, 2.45) is 0 Å². The van der Waals surface area contributed by atoms with Gasteiger partial charge in [-0.15, -0.1) is 0 Å². The number of hydrogen-bond acceptors (Lipinski definition) is 4. The van der Waals surface area contributed by atoms with Crippen LogP contribution in [0.25, 0.3) is 0 Å². The first-order chi connectivity index (χ1) is 7.60. The van der Waals surface area contributed by atoms with E-state index in [9.17, 15) is 0 Å². The molecule has 16 heavy (non-hydrogen) atoms. The Bertz CT molecular complexity index is 355. The number of rotatable bonds is 5. The largest absolute Gasteiger partial charge is 0.493 e. The summed E-state index contributed by atoms with van der Waals surface area (Å²) < 4.78 is 10.8. The summed E-state index contributed by atoms with van der Waals surface area (Å²) in [6, 6.07) is 3.45. The van der Waals surface area contributed by atoms with E-state index in [0.717, 1.165) is 0 Å². The first-order valence-electron chi connectivity index (χ1n) is 4.99. The molecule has 0 unspecified atom stereocenters. The van der Waals surface area contributed by atoms with Gasteiger partial charge in [0.15, 0.2) is 11.5 Å². The van der Waals surface area contributed by atoms with E-state index in [4.69, 9.17) is 26.3 Å². The molecule has 0 fully saturated rings. The molecule has 0 amide bonds. The number of hydroxylamine groups is 1. The topological polar surface area (TPSA) is 50.7 Å². The molecule has 0 aromatic heterocycles. The minimum atomic E-state index is 0.00445. The monoisotopic (exact) mass is 245 g/mol. The third-order valence-electron chi connectivity index (χ3n) is 2.00. The van der Waals surface area contributed by atoms with E-state index in [1.54, 1.807) is 19.2 Å². The van der Waals surface area contributed by atoms with Crippen molar-refractivity contribution in [3.8, 4) is 11.5 Å². The molecule has 0 saturated carbocycles. The molecule has 0 aliphatic rings. The summed E-state index contributed by atoms with van der Waals surface area (Å²) in [7, 11) is 1.56. The van der Waals surface area contributed by atoms with Gasteiger partial charge in [-0.25, -0.2) is 5.48 Å². The third kappa shape index (κ3) is 3.01. The number of nitrogens with one attached hydrogen (secondary N) is 1. The highest BCUT2D eigenvalue weighted by molar-refractivity contribution is 6.31. The van der Waals surface area contributed by atoms with E-state index in [1.165, 1.54) is 0 Å². The molecular weight excluding hydrogens is 230 g/mol. The van der Waals surface area contributed by atoms with Crippen LogP contribution in [0.3, 0.4) is 0 Å². The van der Waals surface area contributed by atoms with Crippen LogP contribution < -0.4 is 15.0 Å². The van der Waals surface area contributed by atoms with E-state index in [-0.39, 0.29) is 12.6 Å². The second kappa shape index (κ2) is 5.94. The lowest BCUT2D eigenvalue weighted by atomic mass is 10.2. The van der Waals surface area contributed by atoms with Crippen LogP contribution in [0.4, 0.5) is 0 Å². The van der Waals surface area contributed by atoms with Crippen LogP contribution >= 0.6 is 11.6 Å². The van der Waals surface area contributed by atoms with Gasteiger partial charge in [-0.1, -0.05) is 11.6 Å². The summed E-state index contributed by atoms with van der Waals surface area (Å²) in [6.07, 6.45) is 0.00445. The zero-order valence-corrected chi connectivity index (χ0v) is 10.3. The Morgan fingerprint density at radius 1 is 1.44 bits per heavy atom. The number of methoxy groups -OCH3 is 1. The van der Waals surface area contributed by atoms with Crippen molar-refractivity contribution in [1.82, 2.24) is 5.48 Å². The van der Waals surface area contributed by atoms with Gasteiger partial charge >= 0.3 is 0 Å². The lowest BCUT2D eigenvalue weighted by molar-refractivity contribution is 0.157. The molecule has 0 spiro atoms. The average molecular weight is 246 g/mol. The molecule has 0 saturated heterocycles. The Morgan fingerprint density at radius 3 is 2.62 bits per heavy atom. The van der Waals surface area contributed by atoms with Crippen molar-refractivity contribution < 1.29 is 14.7 Å². The van der Waals surface area contributed by atoms with Gasteiger partial charge in [-0.2, -0.15) is 0 Å². The fourth-order valence-electron chi connectivity index (χ4n) is 1.35. The Hall–Kier alpha value is -0.970. The molecular formula is C11H16ClNO3. The maximum Gasteiger partial charge on any atom is 0.167 e. The summed E-state index contributed by atoms with van der Waals surface area (Å²) in [5, 5.41) is 9.29. The van der Waals surface area contributed by atoms with Gasteiger partial charge in [0.05, 0.1) is 19.8 Å². The molecule has 1 aromatic rings. The van der Waals surface area contributed by atoms with Gasteiger partial charge in [0, 0.05) is 10.6 Å². The number of benzene rings is 1. The van der Waals surface area contributed by atoms with E-state index in [1.807, 2.05) is 13.8 Å². The Kier molecular flexibility index (Phi) is 4.86. The Morgan fingerprint density at radius 2 is 2.12 bits per heavy atom. The molecule has 4 nitrogen and oxygen atoms in total. The van der Waals surface area contributed by atoms with Crippen molar-refractivity contribution in [3.63, 3.8) is 0 Å². The molecule has 0 aliphatic carbocycles. The van der Waals surface area contributed by atoms with E-state index >= 15 is 0 Å². The lowest BCUT2D eigenvalue weighted by Gasteiger charge is -2.18. The summed E-state index contributed by atoms with van der Waals surface area (Å²) in [5.41, 5.74) is 2.75. The molecule has 0 bridgehead atoms. The molecule has 0 aliphatic heterocycles. The highest BCUT2D eigenvalue weighted by Gasteiger charge is 2.15. The maximum atomic E-state index is 8.76. The van der Waals surface area contributed by atoms with Gasteiger partial charge in [-0.3, -0.25) is 0 Å². The van der Waals surface area contributed by atoms with Crippen molar-refractivity contribution in [3.05, 3.63) is 22.7 Å². The van der Waals surface area contributed by atoms with Gasteiger partial charge in [0.2, 0.25) is 0 Å². The van der Waals surface area contributed by atoms with E-state index in [2.05, 4.69) is 5.48 Å². The minimum absolute atomic E-state index is 0.00445. The normalized spacial score (nSPS) is 10.6. The standard InChI is InChI=1S/C11H16ClNO3/c1-7(2)16-11-8(6-13-14)9(12)4-5-10(11)15-3/h4-5,7,13-14H,6H2,1-3H3. The number of halogens is 1.